The van der Waals surface area contributed by atoms with E-state index in [2.05, 4.69) is 0 Å². The second kappa shape index (κ2) is 6.43. The molecular formula is C14H19N3O3S. The van der Waals surface area contributed by atoms with Gasteiger partial charge in [-0.25, -0.2) is 8.42 Å². The topological polar surface area (TPSA) is 96.4 Å². The minimum Gasteiger partial charge on any atom is -0.399 e. The fraction of sp³-hybridized carbons (Fsp3) is 0.500. The minimum absolute atomic E-state index is 0.0318. The van der Waals surface area contributed by atoms with Gasteiger partial charge in [-0.2, -0.15) is 9.57 Å². The van der Waals surface area contributed by atoms with Crippen molar-refractivity contribution in [2.75, 3.05) is 32.5 Å². The predicted octanol–water partition coefficient (Wildman–Crippen LogP) is 1.19. The van der Waals surface area contributed by atoms with E-state index in [1.165, 1.54) is 22.5 Å². The molecular weight excluding hydrogens is 290 g/mol. The first-order valence-corrected chi connectivity index (χ1v) is 8.21. The highest BCUT2D eigenvalue weighted by Gasteiger charge is 2.31. The predicted molar refractivity (Wildman–Crippen MR) is 78.9 cm³/mol. The maximum absolute atomic E-state index is 12.6. The number of anilines is 1. The first-order valence-electron chi connectivity index (χ1n) is 6.77. The second-order valence-electron chi connectivity index (χ2n) is 5.17. The molecule has 114 valence electrons. The summed E-state index contributed by atoms with van der Waals surface area (Å²) in [6.07, 6.45) is 1.54. The van der Waals surface area contributed by atoms with Crippen molar-refractivity contribution in [2.24, 2.45) is 5.92 Å². The van der Waals surface area contributed by atoms with E-state index in [0.717, 1.165) is 12.8 Å². The third kappa shape index (κ3) is 3.35. The summed E-state index contributed by atoms with van der Waals surface area (Å²) in [7, 11) is -2.00. The Labute approximate surface area is 125 Å². The number of ether oxygens (including phenoxy) is 1. The van der Waals surface area contributed by atoms with Crippen molar-refractivity contribution >= 4 is 15.7 Å². The van der Waals surface area contributed by atoms with Gasteiger partial charge in [-0.15, -0.1) is 0 Å². The fourth-order valence-electron chi connectivity index (χ4n) is 2.55. The second-order valence-corrected chi connectivity index (χ2v) is 7.08. The van der Waals surface area contributed by atoms with E-state index in [1.807, 2.05) is 6.07 Å². The van der Waals surface area contributed by atoms with E-state index in [4.69, 9.17) is 15.7 Å². The first kappa shape index (κ1) is 15.8. The summed E-state index contributed by atoms with van der Waals surface area (Å²) in [5.74, 6) is 0.392. The van der Waals surface area contributed by atoms with E-state index >= 15 is 0 Å². The standard InChI is InChI=1S/C14H19N3O3S/c1-20-10-11-4-6-17(7-5-11)21(18,19)14-3-2-13(16)8-12(14)9-15/h2-3,8,11H,4-7,10,16H2,1H3. The SMILES string of the molecule is COCC1CCN(S(=O)(=O)c2ccc(N)cc2C#N)CC1. The Balaban J connectivity index is 2.22. The number of hydrogen-bond acceptors (Lipinski definition) is 5. The molecule has 0 unspecified atom stereocenters. The molecule has 2 rings (SSSR count). The van der Waals surface area contributed by atoms with Gasteiger partial charge in [0.15, 0.2) is 0 Å². The van der Waals surface area contributed by atoms with E-state index < -0.39 is 10.0 Å². The highest BCUT2D eigenvalue weighted by molar-refractivity contribution is 7.89. The zero-order valence-electron chi connectivity index (χ0n) is 11.9. The van der Waals surface area contributed by atoms with Gasteiger partial charge in [-0.3, -0.25) is 0 Å². The molecule has 1 aliphatic rings. The van der Waals surface area contributed by atoms with Gasteiger partial charge >= 0.3 is 0 Å². The maximum Gasteiger partial charge on any atom is 0.244 e. The van der Waals surface area contributed by atoms with Crippen molar-refractivity contribution < 1.29 is 13.2 Å². The number of nitrogens with two attached hydrogens (primary N) is 1. The van der Waals surface area contributed by atoms with Crippen LogP contribution in [-0.4, -0.2) is 39.5 Å². The smallest absolute Gasteiger partial charge is 0.244 e. The summed E-state index contributed by atoms with van der Waals surface area (Å²) in [4.78, 5) is 0.0318. The number of methoxy groups -OCH3 is 1. The van der Waals surface area contributed by atoms with Crippen molar-refractivity contribution in [2.45, 2.75) is 17.7 Å². The lowest BCUT2D eigenvalue weighted by Crippen LogP contribution is -2.39. The number of benzene rings is 1. The number of piperidine rings is 1. The van der Waals surface area contributed by atoms with E-state index in [1.54, 1.807) is 7.11 Å². The van der Waals surface area contributed by atoms with Gasteiger partial charge in [0.1, 0.15) is 11.0 Å². The third-order valence-corrected chi connectivity index (χ3v) is 5.67. The largest absolute Gasteiger partial charge is 0.399 e. The van der Waals surface area contributed by atoms with Gasteiger partial charge in [0.2, 0.25) is 10.0 Å². The van der Waals surface area contributed by atoms with Crippen molar-refractivity contribution in [3.05, 3.63) is 23.8 Å². The molecule has 0 aromatic heterocycles. The molecule has 0 atom stereocenters. The van der Waals surface area contributed by atoms with Gasteiger partial charge in [0.05, 0.1) is 5.56 Å². The van der Waals surface area contributed by atoms with Gasteiger partial charge in [-0.05, 0) is 37.0 Å². The molecule has 0 saturated carbocycles. The van der Waals surface area contributed by atoms with Crippen molar-refractivity contribution in [1.29, 1.82) is 5.26 Å². The summed E-state index contributed by atoms with van der Waals surface area (Å²) in [6.45, 7) is 1.55. The van der Waals surface area contributed by atoms with Crippen LogP contribution in [0, 0.1) is 17.2 Å². The number of nitriles is 1. The summed E-state index contributed by atoms with van der Waals surface area (Å²) in [5, 5.41) is 9.11. The van der Waals surface area contributed by atoms with Crippen LogP contribution < -0.4 is 5.73 Å². The van der Waals surface area contributed by atoms with Gasteiger partial charge in [-0.1, -0.05) is 0 Å². The molecule has 2 N–H and O–H groups in total. The lowest BCUT2D eigenvalue weighted by molar-refractivity contribution is 0.121. The molecule has 0 aliphatic carbocycles. The Hall–Kier alpha value is -1.62. The Morgan fingerprint density at radius 1 is 1.43 bits per heavy atom. The number of sulfonamides is 1. The van der Waals surface area contributed by atoms with Crippen LogP contribution in [0.5, 0.6) is 0 Å². The number of hydrogen-bond donors (Lipinski definition) is 1. The molecule has 0 amide bonds. The number of nitrogen functional groups attached to an aromatic ring is 1. The summed E-state index contributed by atoms with van der Waals surface area (Å²) in [5.41, 5.74) is 6.07. The summed E-state index contributed by atoms with van der Waals surface area (Å²) in [6, 6.07) is 6.21. The Morgan fingerprint density at radius 2 is 2.10 bits per heavy atom. The van der Waals surface area contributed by atoms with Crippen LogP contribution in [0.25, 0.3) is 0 Å². The van der Waals surface area contributed by atoms with E-state index in [-0.39, 0.29) is 10.5 Å². The maximum atomic E-state index is 12.6. The van der Waals surface area contributed by atoms with Crippen LogP contribution in [0.1, 0.15) is 18.4 Å². The van der Waals surface area contributed by atoms with Crippen LogP contribution in [0.3, 0.4) is 0 Å². The van der Waals surface area contributed by atoms with Gasteiger partial charge in [0.25, 0.3) is 0 Å². The lowest BCUT2D eigenvalue weighted by Gasteiger charge is -2.31. The van der Waals surface area contributed by atoms with Crippen molar-refractivity contribution in [3.63, 3.8) is 0 Å². The average Bonchev–Trinajstić information content (AvgIpc) is 2.47. The van der Waals surface area contributed by atoms with Crippen LogP contribution in [0.15, 0.2) is 23.1 Å². The van der Waals surface area contributed by atoms with Crippen LogP contribution in [0.4, 0.5) is 5.69 Å². The van der Waals surface area contributed by atoms with Crippen LogP contribution >= 0.6 is 0 Å². The molecule has 1 aromatic carbocycles. The fourth-order valence-corrected chi connectivity index (χ4v) is 4.14. The Kier molecular flexibility index (Phi) is 4.83. The molecule has 21 heavy (non-hydrogen) atoms. The van der Waals surface area contributed by atoms with E-state index in [9.17, 15) is 8.42 Å². The zero-order valence-corrected chi connectivity index (χ0v) is 12.8. The quantitative estimate of drug-likeness (QED) is 0.843. The minimum atomic E-state index is -3.65. The summed E-state index contributed by atoms with van der Waals surface area (Å²) < 4.78 is 31.8. The molecule has 0 spiro atoms. The zero-order chi connectivity index (χ0) is 15.5. The number of rotatable bonds is 4. The lowest BCUT2D eigenvalue weighted by atomic mass is 9.99. The average molecular weight is 309 g/mol. The van der Waals surface area contributed by atoms with Crippen LogP contribution in [0.2, 0.25) is 0 Å². The van der Waals surface area contributed by atoms with Gasteiger partial charge in [0, 0.05) is 32.5 Å². The molecule has 1 aliphatic heterocycles. The molecule has 1 aromatic rings. The third-order valence-electron chi connectivity index (χ3n) is 3.72. The molecule has 0 radical (unpaired) electrons. The number of nitrogens with zero attached hydrogens (tertiary/aromatic N) is 2. The Morgan fingerprint density at radius 3 is 2.67 bits per heavy atom. The highest BCUT2D eigenvalue weighted by atomic mass is 32.2. The Bertz CT molecular complexity index is 644. The molecule has 1 fully saturated rings. The highest BCUT2D eigenvalue weighted by Crippen LogP contribution is 2.26. The van der Waals surface area contributed by atoms with Crippen molar-refractivity contribution in [1.82, 2.24) is 4.31 Å². The summed E-state index contributed by atoms with van der Waals surface area (Å²) >= 11 is 0. The molecule has 6 nitrogen and oxygen atoms in total. The van der Waals surface area contributed by atoms with Crippen molar-refractivity contribution in [3.8, 4) is 6.07 Å². The van der Waals surface area contributed by atoms with Crippen LogP contribution in [-0.2, 0) is 14.8 Å². The molecule has 1 saturated heterocycles. The molecule has 1 heterocycles. The molecule has 0 bridgehead atoms. The monoisotopic (exact) mass is 309 g/mol. The van der Waals surface area contributed by atoms with Gasteiger partial charge < -0.3 is 10.5 Å². The first-order chi connectivity index (χ1) is 9.98. The van der Waals surface area contributed by atoms with E-state index in [0.29, 0.717) is 31.3 Å². The molecule has 7 heteroatoms. The normalized spacial score (nSPS) is 17.5.